The summed E-state index contributed by atoms with van der Waals surface area (Å²) in [7, 11) is 3.47. The number of morpholine rings is 1. The molecule has 128 valence electrons. The highest BCUT2D eigenvalue weighted by Crippen LogP contribution is 2.14. The number of hydrogen-bond acceptors (Lipinski definition) is 4. The highest BCUT2D eigenvalue weighted by Gasteiger charge is 2.28. The van der Waals surface area contributed by atoms with Crippen molar-refractivity contribution in [1.82, 2.24) is 20.4 Å². The zero-order valence-corrected chi connectivity index (χ0v) is 14.6. The van der Waals surface area contributed by atoms with Gasteiger partial charge in [-0.05, 0) is 20.8 Å². The van der Waals surface area contributed by atoms with Crippen LogP contribution in [0.15, 0.2) is 4.99 Å². The SMILES string of the molecule is CCNC(=NCC(=O)N(C)C)NCC(C)(C)N1CCOCC1. The Morgan fingerprint density at radius 3 is 2.45 bits per heavy atom. The number of amides is 1. The number of carbonyl (C=O) groups is 1. The summed E-state index contributed by atoms with van der Waals surface area (Å²) >= 11 is 0. The van der Waals surface area contributed by atoms with Gasteiger partial charge in [0.1, 0.15) is 6.54 Å². The molecule has 0 bridgehead atoms. The topological polar surface area (TPSA) is 69.2 Å². The average Bonchev–Trinajstić information content (AvgIpc) is 2.50. The molecule has 0 unspecified atom stereocenters. The van der Waals surface area contributed by atoms with Gasteiger partial charge < -0.3 is 20.3 Å². The van der Waals surface area contributed by atoms with Crippen molar-refractivity contribution in [1.29, 1.82) is 0 Å². The van der Waals surface area contributed by atoms with Crippen LogP contribution in [-0.2, 0) is 9.53 Å². The zero-order valence-electron chi connectivity index (χ0n) is 14.6. The highest BCUT2D eigenvalue weighted by atomic mass is 16.5. The minimum atomic E-state index is -0.00959. The second kappa shape index (κ2) is 8.95. The van der Waals surface area contributed by atoms with E-state index in [4.69, 9.17) is 4.74 Å². The number of carbonyl (C=O) groups excluding carboxylic acids is 1. The molecule has 2 N–H and O–H groups in total. The van der Waals surface area contributed by atoms with Crippen LogP contribution in [0.4, 0.5) is 0 Å². The summed E-state index contributed by atoms with van der Waals surface area (Å²) in [5.41, 5.74) is 0.00548. The predicted octanol–water partition coefficient (Wildman–Crippen LogP) is -0.259. The lowest BCUT2D eigenvalue weighted by atomic mass is 10.0. The molecule has 1 aliphatic rings. The fraction of sp³-hybridized carbons (Fsp3) is 0.867. The fourth-order valence-electron chi connectivity index (χ4n) is 2.21. The van der Waals surface area contributed by atoms with Gasteiger partial charge in [0.25, 0.3) is 0 Å². The molecule has 1 rings (SSSR count). The van der Waals surface area contributed by atoms with Crippen LogP contribution in [0.25, 0.3) is 0 Å². The van der Waals surface area contributed by atoms with Crippen LogP contribution in [0.1, 0.15) is 20.8 Å². The first-order valence-electron chi connectivity index (χ1n) is 7.92. The molecule has 0 atom stereocenters. The standard InChI is InChI=1S/C15H31N5O2/c1-6-16-14(17-11-13(21)19(4)5)18-12-15(2,3)20-7-9-22-10-8-20/h6-12H2,1-5H3,(H2,16,17,18). The molecule has 22 heavy (non-hydrogen) atoms. The summed E-state index contributed by atoms with van der Waals surface area (Å²) < 4.78 is 5.41. The number of guanidine groups is 1. The average molecular weight is 313 g/mol. The van der Waals surface area contributed by atoms with E-state index in [1.54, 1.807) is 19.0 Å². The van der Waals surface area contributed by atoms with Crippen LogP contribution in [-0.4, -0.2) is 87.2 Å². The Morgan fingerprint density at radius 1 is 1.27 bits per heavy atom. The van der Waals surface area contributed by atoms with Crippen molar-refractivity contribution in [3.63, 3.8) is 0 Å². The molecule has 1 heterocycles. The van der Waals surface area contributed by atoms with E-state index in [-0.39, 0.29) is 18.0 Å². The van der Waals surface area contributed by atoms with Crippen LogP contribution in [0.2, 0.25) is 0 Å². The predicted molar refractivity (Wildman–Crippen MR) is 89.1 cm³/mol. The molecule has 1 saturated heterocycles. The second-order valence-electron chi connectivity index (χ2n) is 6.25. The van der Waals surface area contributed by atoms with Crippen LogP contribution in [0, 0.1) is 0 Å². The summed E-state index contributed by atoms with van der Waals surface area (Å²) in [6.45, 7) is 11.6. The summed E-state index contributed by atoms with van der Waals surface area (Å²) in [4.78, 5) is 19.9. The van der Waals surface area contributed by atoms with Gasteiger partial charge in [-0.3, -0.25) is 9.69 Å². The maximum atomic E-state index is 11.6. The maximum Gasteiger partial charge on any atom is 0.243 e. The molecule has 0 aromatic carbocycles. The number of nitrogens with zero attached hydrogens (tertiary/aromatic N) is 3. The Kier molecular flexibility index (Phi) is 7.61. The van der Waals surface area contributed by atoms with Gasteiger partial charge in [-0.1, -0.05) is 0 Å². The molecule has 1 aliphatic heterocycles. The van der Waals surface area contributed by atoms with E-state index in [0.717, 1.165) is 39.4 Å². The van der Waals surface area contributed by atoms with Crippen LogP contribution >= 0.6 is 0 Å². The highest BCUT2D eigenvalue weighted by molar-refractivity contribution is 5.84. The molecule has 0 aromatic rings. The van der Waals surface area contributed by atoms with E-state index in [0.29, 0.717) is 5.96 Å². The van der Waals surface area contributed by atoms with E-state index in [1.807, 2.05) is 6.92 Å². The Hall–Kier alpha value is -1.34. The lowest BCUT2D eigenvalue weighted by Crippen LogP contribution is -2.56. The summed E-state index contributed by atoms with van der Waals surface area (Å²) in [6, 6.07) is 0. The monoisotopic (exact) mass is 313 g/mol. The van der Waals surface area contributed by atoms with Crippen molar-refractivity contribution in [2.24, 2.45) is 4.99 Å². The van der Waals surface area contributed by atoms with Crippen molar-refractivity contribution in [2.75, 3.05) is 60.0 Å². The van der Waals surface area contributed by atoms with Crippen LogP contribution in [0.3, 0.4) is 0 Å². The fourth-order valence-corrected chi connectivity index (χ4v) is 2.21. The third kappa shape index (κ3) is 6.19. The Morgan fingerprint density at radius 2 is 1.91 bits per heavy atom. The first-order chi connectivity index (χ1) is 10.4. The largest absolute Gasteiger partial charge is 0.379 e. The quantitative estimate of drug-likeness (QED) is 0.522. The summed E-state index contributed by atoms with van der Waals surface area (Å²) in [6.07, 6.45) is 0. The van der Waals surface area contributed by atoms with Crippen LogP contribution in [0.5, 0.6) is 0 Å². The minimum Gasteiger partial charge on any atom is -0.379 e. The molecule has 7 nitrogen and oxygen atoms in total. The number of rotatable bonds is 6. The minimum absolute atomic E-state index is 0.00548. The third-order valence-electron chi connectivity index (χ3n) is 3.77. The number of ether oxygens (including phenoxy) is 1. The molecular weight excluding hydrogens is 282 g/mol. The van der Waals surface area contributed by atoms with Gasteiger partial charge in [0.2, 0.25) is 5.91 Å². The van der Waals surface area contributed by atoms with E-state index in [1.165, 1.54) is 0 Å². The van der Waals surface area contributed by atoms with Crippen molar-refractivity contribution >= 4 is 11.9 Å². The van der Waals surface area contributed by atoms with E-state index >= 15 is 0 Å². The molecule has 0 aromatic heterocycles. The molecule has 1 amide bonds. The van der Waals surface area contributed by atoms with Gasteiger partial charge >= 0.3 is 0 Å². The molecule has 0 aliphatic carbocycles. The lowest BCUT2D eigenvalue weighted by molar-refractivity contribution is -0.127. The maximum absolute atomic E-state index is 11.6. The van der Waals surface area contributed by atoms with Gasteiger partial charge in [-0.15, -0.1) is 0 Å². The Balaban J connectivity index is 2.54. The number of hydrogen-bond donors (Lipinski definition) is 2. The van der Waals surface area contributed by atoms with Gasteiger partial charge in [0.15, 0.2) is 5.96 Å². The molecule has 0 spiro atoms. The second-order valence-corrected chi connectivity index (χ2v) is 6.25. The van der Waals surface area contributed by atoms with Gasteiger partial charge in [-0.25, -0.2) is 4.99 Å². The van der Waals surface area contributed by atoms with Crippen molar-refractivity contribution in [2.45, 2.75) is 26.3 Å². The van der Waals surface area contributed by atoms with E-state index < -0.39 is 0 Å². The Bertz CT molecular complexity index is 376. The third-order valence-corrected chi connectivity index (χ3v) is 3.77. The lowest BCUT2D eigenvalue weighted by Gasteiger charge is -2.41. The number of likely N-dealkylation sites (N-methyl/N-ethyl adjacent to an activating group) is 1. The van der Waals surface area contributed by atoms with Crippen molar-refractivity contribution < 1.29 is 9.53 Å². The molecule has 7 heteroatoms. The Labute approximate surface area is 134 Å². The van der Waals surface area contributed by atoms with E-state index in [2.05, 4.69) is 34.4 Å². The van der Waals surface area contributed by atoms with Crippen LogP contribution < -0.4 is 10.6 Å². The summed E-state index contributed by atoms with van der Waals surface area (Å²) in [5.74, 6) is 0.670. The molecular formula is C15H31N5O2. The van der Waals surface area contributed by atoms with Gasteiger partial charge in [0.05, 0.1) is 13.2 Å². The molecule has 0 saturated carbocycles. The number of nitrogens with one attached hydrogen (secondary N) is 2. The smallest absolute Gasteiger partial charge is 0.243 e. The first-order valence-corrected chi connectivity index (χ1v) is 7.92. The van der Waals surface area contributed by atoms with Crippen molar-refractivity contribution in [3.05, 3.63) is 0 Å². The first kappa shape index (κ1) is 18.7. The molecule has 0 radical (unpaired) electrons. The normalized spacial score (nSPS) is 17.2. The number of aliphatic imine (C=N–C) groups is 1. The molecule has 1 fully saturated rings. The zero-order chi connectivity index (χ0) is 16.6. The van der Waals surface area contributed by atoms with Gasteiger partial charge in [-0.2, -0.15) is 0 Å². The van der Waals surface area contributed by atoms with Gasteiger partial charge in [0, 0.05) is 45.8 Å². The summed E-state index contributed by atoms with van der Waals surface area (Å²) in [5, 5.41) is 6.52. The van der Waals surface area contributed by atoms with Crippen molar-refractivity contribution in [3.8, 4) is 0 Å². The van der Waals surface area contributed by atoms with E-state index in [9.17, 15) is 4.79 Å².